The second-order valence-electron chi connectivity index (χ2n) is 8.56. The average molecular weight is 408 g/mol. The Morgan fingerprint density at radius 2 is 1.70 bits per heavy atom. The zero-order chi connectivity index (χ0) is 22.1. The molecule has 6 nitrogen and oxygen atoms in total. The van der Waals surface area contributed by atoms with Crippen LogP contribution in [0.25, 0.3) is 10.8 Å². The largest absolute Gasteiger partial charge is 0.456 e. The number of rotatable bonds is 5. The Kier molecular flexibility index (Phi) is 6.08. The second kappa shape index (κ2) is 8.40. The first-order valence-corrected chi connectivity index (χ1v) is 10.0. The van der Waals surface area contributed by atoms with Crippen molar-refractivity contribution in [2.24, 2.45) is 0 Å². The van der Waals surface area contributed by atoms with Crippen molar-refractivity contribution < 1.29 is 14.6 Å². The van der Waals surface area contributed by atoms with Gasteiger partial charge in [-0.1, -0.05) is 51.1 Å². The molecule has 2 aromatic carbocycles. The number of aromatic nitrogens is 2. The highest BCUT2D eigenvalue weighted by atomic mass is 16.5. The summed E-state index contributed by atoms with van der Waals surface area (Å²) in [4.78, 5) is 25.4. The van der Waals surface area contributed by atoms with Crippen molar-refractivity contribution in [3.05, 3.63) is 74.7 Å². The van der Waals surface area contributed by atoms with Gasteiger partial charge in [0.25, 0.3) is 5.56 Å². The summed E-state index contributed by atoms with van der Waals surface area (Å²) in [6.45, 7) is 10.4. The molecule has 0 unspecified atom stereocenters. The molecule has 3 aromatic rings. The molecule has 0 aliphatic heterocycles. The lowest BCUT2D eigenvalue weighted by atomic mass is 9.84. The summed E-state index contributed by atoms with van der Waals surface area (Å²) < 4.78 is 6.71. The molecule has 0 atom stereocenters. The number of fused-ring (bicyclic) bond motifs is 1. The molecule has 158 valence electrons. The van der Waals surface area contributed by atoms with Crippen LogP contribution in [-0.4, -0.2) is 27.5 Å². The van der Waals surface area contributed by atoms with Gasteiger partial charge in [-0.15, -0.1) is 0 Å². The van der Waals surface area contributed by atoms with E-state index in [0.717, 1.165) is 21.4 Å². The molecular formula is C24H28N2O4. The lowest BCUT2D eigenvalue weighted by Crippen LogP contribution is -2.27. The Bertz CT molecular complexity index is 1130. The molecular weight excluding hydrogens is 380 g/mol. The first-order chi connectivity index (χ1) is 14.1. The third-order valence-electron chi connectivity index (χ3n) is 5.28. The number of aliphatic hydroxyl groups excluding tert-OH is 1. The number of nitrogens with zero attached hydrogens (tertiary/aromatic N) is 2. The van der Waals surface area contributed by atoms with Gasteiger partial charge in [-0.3, -0.25) is 4.79 Å². The molecule has 0 spiro atoms. The van der Waals surface area contributed by atoms with E-state index in [1.54, 1.807) is 24.3 Å². The summed E-state index contributed by atoms with van der Waals surface area (Å²) in [6.07, 6.45) is 0. The highest BCUT2D eigenvalue weighted by molar-refractivity contribution is 6.02. The lowest BCUT2D eigenvalue weighted by Gasteiger charge is -2.22. The Balaban J connectivity index is 1.93. The molecule has 0 saturated carbocycles. The Hall–Kier alpha value is -2.99. The maximum atomic E-state index is 12.9. The Morgan fingerprint density at radius 1 is 1.10 bits per heavy atom. The van der Waals surface area contributed by atoms with Crippen LogP contribution in [0, 0.1) is 13.8 Å². The molecule has 6 heteroatoms. The number of aliphatic hydroxyl groups is 1. The van der Waals surface area contributed by atoms with Crippen molar-refractivity contribution in [2.75, 3.05) is 6.61 Å². The van der Waals surface area contributed by atoms with Crippen molar-refractivity contribution >= 4 is 16.7 Å². The summed E-state index contributed by atoms with van der Waals surface area (Å²) in [7, 11) is 0. The first-order valence-electron chi connectivity index (χ1n) is 10.0. The van der Waals surface area contributed by atoms with Gasteiger partial charge in [0, 0.05) is 5.39 Å². The maximum absolute atomic E-state index is 12.9. The number of hydrogen-bond donors (Lipinski definition) is 1. The zero-order valence-electron chi connectivity index (χ0n) is 18.2. The molecule has 0 aliphatic carbocycles. The molecule has 1 aromatic heterocycles. The molecule has 0 amide bonds. The van der Waals surface area contributed by atoms with Crippen LogP contribution < -0.4 is 5.56 Å². The van der Waals surface area contributed by atoms with E-state index in [4.69, 9.17) is 4.74 Å². The van der Waals surface area contributed by atoms with Crippen LogP contribution >= 0.6 is 0 Å². The third kappa shape index (κ3) is 4.28. The van der Waals surface area contributed by atoms with E-state index in [2.05, 4.69) is 38.0 Å². The molecule has 3 rings (SSSR count). The van der Waals surface area contributed by atoms with Crippen molar-refractivity contribution in [3.63, 3.8) is 0 Å². The van der Waals surface area contributed by atoms with E-state index in [1.165, 1.54) is 5.56 Å². The van der Waals surface area contributed by atoms with Gasteiger partial charge in [0.05, 0.1) is 18.5 Å². The summed E-state index contributed by atoms with van der Waals surface area (Å²) in [6, 6.07) is 11.1. The first kappa shape index (κ1) is 21.7. The van der Waals surface area contributed by atoms with Gasteiger partial charge in [0.2, 0.25) is 0 Å². The fourth-order valence-electron chi connectivity index (χ4n) is 3.49. The summed E-state index contributed by atoms with van der Waals surface area (Å²) in [5.41, 5.74) is 4.08. The number of aryl methyl sites for hydroxylation is 2. The molecule has 0 radical (unpaired) electrons. The van der Waals surface area contributed by atoms with Crippen molar-refractivity contribution in [1.29, 1.82) is 0 Å². The number of hydrogen-bond acceptors (Lipinski definition) is 5. The van der Waals surface area contributed by atoms with Gasteiger partial charge < -0.3 is 9.84 Å². The van der Waals surface area contributed by atoms with E-state index in [1.807, 2.05) is 13.8 Å². The zero-order valence-corrected chi connectivity index (χ0v) is 18.2. The van der Waals surface area contributed by atoms with Gasteiger partial charge >= 0.3 is 5.97 Å². The number of carbonyl (C=O) groups is 1. The van der Waals surface area contributed by atoms with E-state index in [9.17, 15) is 14.7 Å². The molecule has 1 N–H and O–H groups in total. The maximum Gasteiger partial charge on any atom is 0.359 e. The fraction of sp³-hybridized carbons (Fsp3) is 0.375. The molecule has 0 saturated heterocycles. The van der Waals surface area contributed by atoms with E-state index in [0.29, 0.717) is 10.8 Å². The summed E-state index contributed by atoms with van der Waals surface area (Å²) >= 11 is 0. The van der Waals surface area contributed by atoms with Crippen LogP contribution in [0.5, 0.6) is 0 Å². The minimum Gasteiger partial charge on any atom is -0.456 e. The van der Waals surface area contributed by atoms with Gasteiger partial charge in [-0.05, 0) is 47.6 Å². The van der Waals surface area contributed by atoms with Crippen LogP contribution in [0.1, 0.15) is 53.5 Å². The number of benzene rings is 2. The van der Waals surface area contributed by atoms with Crippen molar-refractivity contribution in [1.82, 2.24) is 9.78 Å². The highest BCUT2D eigenvalue weighted by Gasteiger charge is 2.20. The Morgan fingerprint density at radius 3 is 2.27 bits per heavy atom. The topological polar surface area (TPSA) is 81.4 Å². The summed E-state index contributed by atoms with van der Waals surface area (Å²) in [5.74, 6) is -0.600. The number of ether oxygens (including phenoxy) is 1. The van der Waals surface area contributed by atoms with Crippen LogP contribution in [0.3, 0.4) is 0 Å². The predicted octanol–water partition coefficient (Wildman–Crippen LogP) is 3.66. The normalized spacial score (nSPS) is 11.7. The molecule has 0 fully saturated rings. The van der Waals surface area contributed by atoms with Crippen molar-refractivity contribution in [3.8, 4) is 0 Å². The fourth-order valence-corrected chi connectivity index (χ4v) is 3.49. The van der Waals surface area contributed by atoms with Crippen LogP contribution in [0.2, 0.25) is 0 Å². The Labute approximate surface area is 176 Å². The van der Waals surface area contributed by atoms with Crippen LogP contribution in [0.4, 0.5) is 0 Å². The predicted molar refractivity (Wildman–Crippen MR) is 117 cm³/mol. The SMILES string of the molecule is Cc1cc(C(C)(C)C)cc(C)c1COC(=O)c1nn(CCO)c(=O)c2ccccc12. The summed E-state index contributed by atoms with van der Waals surface area (Å²) in [5, 5.41) is 14.2. The second-order valence-corrected chi connectivity index (χ2v) is 8.56. The molecule has 1 heterocycles. The van der Waals surface area contributed by atoms with Crippen LogP contribution in [0.15, 0.2) is 41.2 Å². The van der Waals surface area contributed by atoms with E-state index in [-0.39, 0.29) is 36.4 Å². The lowest BCUT2D eigenvalue weighted by molar-refractivity contribution is 0.0463. The minimum atomic E-state index is -0.600. The quantitative estimate of drug-likeness (QED) is 0.652. The molecule has 0 aliphatic rings. The monoisotopic (exact) mass is 408 g/mol. The van der Waals surface area contributed by atoms with E-state index < -0.39 is 5.97 Å². The van der Waals surface area contributed by atoms with Gasteiger partial charge in [-0.25, -0.2) is 9.48 Å². The van der Waals surface area contributed by atoms with E-state index >= 15 is 0 Å². The van der Waals surface area contributed by atoms with Crippen LogP contribution in [-0.2, 0) is 23.3 Å². The average Bonchev–Trinajstić information content (AvgIpc) is 2.68. The molecule has 30 heavy (non-hydrogen) atoms. The van der Waals surface area contributed by atoms with Crippen molar-refractivity contribution in [2.45, 2.75) is 53.2 Å². The highest BCUT2D eigenvalue weighted by Crippen LogP contribution is 2.27. The smallest absolute Gasteiger partial charge is 0.359 e. The van der Waals surface area contributed by atoms with Gasteiger partial charge in [0.1, 0.15) is 6.61 Å². The minimum absolute atomic E-state index is 0.0103. The number of carbonyl (C=O) groups excluding carboxylic acids is 1. The van der Waals surface area contributed by atoms with Gasteiger partial charge in [0.15, 0.2) is 5.69 Å². The standard InChI is InChI=1S/C24H28N2O4/c1-15-12-17(24(3,4)5)13-16(2)20(15)14-30-23(29)21-18-8-6-7-9-19(18)22(28)26(25-21)10-11-27/h6-9,12-13,27H,10-11,14H2,1-5H3. The van der Waals surface area contributed by atoms with Gasteiger partial charge in [-0.2, -0.15) is 5.10 Å². The molecule has 0 bridgehead atoms. The third-order valence-corrected chi connectivity index (χ3v) is 5.28. The number of esters is 1.